The standard InChI is InChI=1S/C13H14Cl2O3/c1-3-18-13(17)8(2)12(16)7-9-10(14)5-4-6-11(9)15/h4-6,8H,3,7H2,1-2H3/t8-/m1/s1. The van der Waals surface area contributed by atoms with Gasteiger partial charge >= 0.3 is 5.97 Å². The summed E-state index contributed by atoms with van der Waals surface area (Å²) in [7, 11) is 0. The van der Waals surface area contributed by atoms with E-state index in [4.69, 9.17) is 27.9 Å². The number of esters is 1. The SMILES string of the molecule is CCOC(=O)[C@H](C)C(=O)Cc1c(Cl)cccc1Cl. The zero-order chi connectivity index (χ0) is 13.7. The van der Waals surface area contributed by atoms with Crippen molar-refractivity contribution in [3.8, 4) is 0 Å². The van der Waals surface area contributed by atoms with Crippen LogP contribution in [0.1, 0.15) is 19.4 Å². The summed E-state index contributed by atoms with van der Waals surface area (Å²) >= 11 is 11.9. The zero-order valence-electron chi connectivity index (χ0n) is 10.2. The summed E-state index contributed by atoms with van der Waals surface area (Å²) in [6, 6.07) is 5.02. The molecule has 1 rings (SSSR count). The molecule has 5 heteroatoms. The first-order valence-electron chi connectivity index (χ1n) is 5.59. The van der Waals surface area contributed by atoms with Gasteiger partial charge in [0.2, 0.25) is 0 Å². The van der Waals surface area contributed by atoms with E-state index in [0.717, 1.165) is 0 Å². The van der Waals surface area contributed by atoms with Crippen LogP contribution in [-0.2, 0) is 20.7 Å². The molecule has 0 spiro atoms. The molecule has 0 amide bonds. The lowest BCUT2D eigenvalue weighted by atomic mass is 9.99. The summed E-state index contributed by atoms with van der Waals surface area (Å²) in [6.45, 7) is 3.47. The number of ketones is 1. The summed E-state index contributed by atoms with van der Waals surface area (Å²) in [6.07, 6.45) is 0.0263. The van der Waals surface area contributed by atoms with Crippen LogP contribution in [0.4, 0.5) is 0 Å². The molecule has 18 heavy (non-hydrogen) atoms. The van der Waals surface area contributed by atoms with Crippen molar-refractivity contribution in [1.29, 1.82) is 0 Å². The molecular formula is C13H14Cl2O3. The largest absolute Gasteiger partial charge is 0.465 e. The average Bonchev–Trinajstić information content (AvgIpc) is 2.33. The Morgan fingerprint density at radius 3 is 2.33 bits per heavy atom. The third-order valence-corrected chi connectivity index (χ3v) is 3.24. The third-order valence-electron chi connectivity index (χ3n) is 2.54. The molecule has 0 radical (unpaired) electrons. The van der Waals surface area contributed by atoms with Crippen LogP contribution in [0.5, 0.6) is 0 Å². The van der Waals surface area contributed by atoms with Crippen LogP contribution in [0.3, 0.4) is 0 Å². The first-order valence-corrected chi connectivity index (χ1v) is 6.35. The smallest absolute Gasteiger partial charge is 0.316 e. The summed E-state index contributed by atoms with van der Waals surface area (Å²) < 4.78 is 4.80. The van der Waals surface area contributed by atoms with E-state index < -0.39 is 11.9 Å². The van der Waals surface area contributed by atoms with E-state index in [9.17, 15) is 9.59 Å². The fraction of sp³-hybridized carbons (Fsp3) is 0.385. The number of Topliss-reactive ketones (excluding diaryl/α,β-unsaturated/α-hetero) is 1. The Bertz CT molecular complexity index is 437. The topological polar surface area (TPSA) is 43.4 Å². The Kier molecular flexibility index (Phi) is 5.63. The van der Waals surface area contributed by atoms with Gasteiger partial charge in [-0.25, -0.2) is 0 Å². The molecule has 1 aromatic rings. The van der Waals surface area contributed by atoms with Gasteiger partial charge in [-0.05, 0) is 31.5 Å². The van der Waals surface area contributed by atoms with Crippen molar-refractivity contribution in [3.05, 3.63) is 33.8 Å². The maximum Gasteiger partial charge on any atom is 0.316 e. The second-order valence-corrected chi connectivity index (χ2v) is 4.63. The molecule has 3 nitrogen and oxygen atoms in total. The van der Waals surface area contributed by atoms with E-state index in [0.29, 0.717) is 15.6 Å². The molecule has 0 heterocycles. The molecule has 0 aliphatic heterocycles. The molecule has 0 aliphatic rings. The Morgan fingerprint density at radius 1 is 1.28 bits per heavy atom. The van der Waals surface area contributed by atoms with Crippen LogP contribution in [0.2, 0.25) is 10.0 Å². The molecular weight excluding hydrogens is 275 g/mol. The molecule has 0 aliphatic carbocycles. The average molecular weight is 289 g/mol. The molecule has 0 N–H and O–H groups in total. The fourth-order valence-electron chi connectivity index (χ4n) is 1.43. The van der Waals surface area contributed by atoms with E-state index in [2.05, 4.69) is 0 Å². The second-order valence-electron chi connectivity index (χ2n) is 3.82. The first kappa shape index (κ1) is 15.0. The third kappa shape index (κ3) is 3.72. The quantitative estimate of drug-likeness (QED) is 0.617. The number of carbonyl (C=O) groups excluding carboxylic acids is 2. The van der Waals surface area contributed by atoms with E-state index in [-0.39, 0.29) is 18.8 Å². The fourth-order valence-corrected chi connectivity index (χ4v) is 1.96. The summed E-state index contributed by atoms with van der Waals surface area (Å²) in [4.78, 5) is 23.4. The number of rotatable bonds is 5. The van der Waals surface area contributed by atoms with Gasteiger partial charge in [0, 0.05) is 16.5 Å². The summed E-state index contributed by atoms with van der Waals surface area (Å²) in [5, 5.41) is 0.846. The zero-order valence-corrected chi connectivity index (χ0v) is 11.7. The van der Waals surface area contributed by atoms with Crippen LogP contribution in [0.15, 0.2) is 18.2 Å². The lowest BCUT2D eigenvalue weighted by Gasteiger charge is -2.11. The van der Waals surface area contributed by atoms with Crippen LogP contribution in [-0.4, -0.2) is 18.4 Å². The number of benzene rings is 1. The van der Waals surface area contributed by atoms with Crippen molar-refractivity contribution < 1.29 is 14.3 Å². The van der Waals surface area contributed by atoms with Crippen molar-refractivity contribution in [2.75, 3.05) is 6.61 Å². The monoisotopic (exact) mass is 288 g/mol. The second kappa shape index (κ2) is 6.76. The van der Waals surface area contributed by atoms with Crippen molar-refractivity contribution in [2.24, 2.45) is 5.92 Å². The van der Waals surface area contributed by atoms with Gasteiger partial charge in [-0.2, -0.15) is 0 Å². The Hall–Kier alpha value is -1.06. The predicted octanol–water partition coefficient (Wildman–Crippen LogP) is 3.30. The van der Waals surface area contributed by atoms with Crippen molar-refractivity contribution >= 4 is 35.0 Å². The van der Waals surface area contributed by atoms with E-state index >= 15 is 0 Å². The van der Waals surface area contributed by atoms with Gasteiger partial charge in [0.05, 0.1) is 6.61 Å². The molecule has 0 fully saturated rings. The molecule has 0 aromatic heterocycles. The number of ether oxygens (including phenoxy) is 1. The van der Waals surface area contributed by atoms with Crippen LogP contribution in [0, 0.1) is 5.92 Å². The Labute approximate surface area is 116 Å². The Morgan fingerprint density at radius 2 is 1.83 bits per heavy atom. The highest BCUT2D eigenvalue weighted by molar-refractivity contribution is 6.36. The highest BCUT2D eigenvalue weighted by Crippen LogP contribution is 2.25. The molecule has 98 valence electrons. The van der Waals surface area contributed by atoms with Crippen molar-refractivity contribution in [1.82, 2.24) is 0 Å². The molecule has 0 saturated heterocycles. The van der Waals surface area contributed by atoms with E-state index in [1.165, 1.54) is 6.92 Å². The van der Waals surface area contributed by atoms with E-state index in [1.807, 2.05) is 0 Å². The van der Waals surface area contributed by atoms with Gasteiger partial charge in [-0.15, -0.1) is 0 Å². The number of carbonyl (C=O) groups is 2. The first-order chi connectivity index (χ1) is 8.47. The highest BCUT2D eigenvalue weighted by atomic mass is 35.5. The minimum absolute atomic E-state index is 0.0263. The molecule has 1 aromatic carbocycles. The molecule has 0 unspecified atom stereocenters. The number of halogens is 2. The summed E-state index contributed by atoms with van der Waals surface area (Å²) in [5.41, 5.74) is 0.544. The number of hydrogen-bond donors (Lipinski definition) is 0. The van der Waals surface area contributed by atoms with Gasteiger partial charge in [0.1, 0.15) is 5.92 Å². The van der Waals surface area contributed by atoms with Gasteiger partial charge in [-0.1, -0.05) is 29.3 Å². The minimum atomic E-state index is -0.808. The molecule has 1 atom stereocenters. The number of hydrogen-bond acceptors (Lipinski definition) is 3. The van der Waals surface area contributed by atoms with E-state index in [1.54, 1.807) is 25.1 Å². The predicted molar refractivity (Wildman–Crippen MR) is 71.0 cm³/mol. The summed E-state index contributed by atoms with van der Waals surface area (Å²) in [5.74, 6) is -1.59. The van der Waals surface area contributed by atoms with Crippen LogP contribution < -0.4 is 0 Å². The van der Waals surface area contributed by atoms with Gasteiger partial charge < -0.3 is 4.74 Å². The van der Waals surface area contributed by atoms with Gasteiger partial charge in [-0.3, -0.25) is 9.59 Å². The lowest BCUT2D eigenvalue weighted by Crippen LogP contribution is -2.25. The highest BCUT2D eigenvalue weighted by Gasteiger charge is 2.24. The van der Waals surface area contributed by atoms with Crippen molar-refractivity contribution in [2.45, 2.75) is 20.3 Å². The minimum Gasteiger partial charge on any atom is -0.465 e. The normalized spacial score (nSPS) is 12.0. The maximum absolute atomic E-state index is 11.9. The van der Waals surface area contributed by atoms with Gasteiger partial charge in [0.25, 0.3) is 0 Å². The van der Waals surface area contributed by atoms with Gasteiger partial charge in [0.15, 0.2) is 5.78 Å². The van der Waals surface area contributed by atoms with Crippen molar-refractivity contribution in [3.63, 3.8) is 0 Å². The molecule has 0 saturated carbocycles. The maximum atomic E-state index is 11.9. The Balaban J connectivity index is 2.79. The van der Waals surface area contributed by atoms with Crippen LogP contribution >= 0.6 is 23.2 Å². The molecule has 0 bridgehead atoms. The lowest BCUT2D eigenvalue weighted by molar-refractivity contribution is -0.150. The van der Waals surface area contributed by atoms with Crippen LogP contribution in [0.25, 0.3) is 0 Å².